The maximum atomic E-state index is 12.3. The van der Waals surface area contributed by atoms with Crippen molar-refractivity contribution in [1.29, 1.82) is 0 Å². The van der Waals surface area contributed by atoms with Crippen molar-refractivity contribution in [3.05, 3.63) is 59.8 Å². The number of carbonyl (C=O) groups excluding carboxylic acids is 1. The van der Waals surface area contributed by atoms with Crippen LogP contribution in [0.2, 0.25) is 0 Å². The van der Waals surface area contributed by atoms with Crippen LogP contribution in [0.5, 0.6) is 0 Å². The van der Waals surface area contributed by atoms with E-state index in [0.29, 0.717) is 12.1 Å². The van der Waals surface area contributed by atoms with E-state index >= 15 is 0 Å². The number of nitrogens with one attached hydrogen (secondary N) is 1. The molecule has 0 aliphatic heterocycles. The van der Waals surface area contributed by atoms with E-state index in [1.165, 1.54) is 17.3 Å². The zero-order valence-electron chi connectivity index (χ0n) is 12.6. The highest BCUT2D eigenvalue weighted by Crippen LogP contribution is 2.22. The van der Waals surface area contributed by atoms with E-state index in [0.717, 1.165) is 5.03 Å². The predicted octanol–water partition coefficient (Wildman–Crippen LogP) is 3.51. The zero-order chi connectivity index (χ0) is 15.3. The zero-order valence-corrected chi connectivity index (χ0v) is 13.4. The molecule has 0 bridgehead atoms. The molecule has 2 aromatic rings. The minimum Gasteiger partial charge on any atom is -0.351 e. The standard InChI is InChI=1S/C17H20N2OS/c1-17(2,13-8-5-4-6-9-13)12-19-15(20)14-10-7-11-18-16(14)21-3/h4-11H,12H2,1-3H3,(H,19,20). The van der Waals surface area contributed by atoms with Crippen molar-refractivity contribution >= 4 is 17.7 Å². The van der Waals surface area contributed by atoms with E-state index in [2.05, 4.69) is 36.3 Å². The Morgan fingerprint density at radius 2 is 1.90 bits per heavy atom. The van der Waals surface area contributed by atoms with Crippen molar-refractivity contribution in [1.82, 2.24) is 10.3 Å². The summed E-state index contributed by atoms with van der Waals surface area (Å²) >= 11 is 1.48. The van der Waals surface area contributed by atoms with Gasteiger partial charge >= 0.3 is 0 Å². The first-order valence-electron chi connectivity index (χ1n) is 6.87. The van der Waals surface area contributed by atoms with Crippen LogP contribution in [0.15, 0.2) is 53.7 Å². The van der Waals surface area contributed by atoms with Crippen molar-refractivity contribution in [2.24, 2.45) is 0 Å². The third kappa shape index (κ3) is 3.85. The molecule has 1 amide bonds. The second-order valence-corrected chi connectivity index (χ2v) is 6.29. The molecule has 1 aromatic carbocycles. The number of pyridine rings is 1. The average molecular weight is 300 g/mol. The summed E-state index contributed by atoms with van der Waals surface area (Å²) in [6.07, 6.45) is 3.63. The third-order valence-corrected chi connectivity index (χ3v) is 4.17. The molecule has 0 unspecified atom stereocenters. The molecule has 0 saturated carbocycles. The van der Waals surface area contributed by atoms with Gasteiger partial charge in [-0.2, -0.15) is 0 Å². The number of benzene rings is 1. The van der Waals surface area contributed by atoms with E-state index in [1.807, 2.05) is 30.5 Å². The van der Waals surface area contributed by atoms with Crippen molar-refractivity contribution < 1.29 is 4.79 Å². The molecule has 0 atom stereocenters. The molecule has 0 fully saturated rings. The highest BCUT2D eigenvalue weighted by atomic mass is 32.2. The van der Waals surface area contributed by atoms with E-state index < -0.39 is 0 Å². The molecule has 0 aliphatic rings. The number of aromatic nitrogens is 1. The van der Waals surface area contributed by atoms with E-state index in [1.54, 1.807) is 12.3 Å². The minimum absolute atomic E-state index is 0.0727. The Morgan fingerprint density at radius 3 is 2.57 bits per heavy atom. The molecule has 0 radical (unpaired) electrons. The second-order valence-electron chi connectivity index (χ2n) is 5.49. The molecule has 0 saturated heterocycles. The van der Waals surface area contributed by atoms with E-state index in [-0.39, 0.29) is 11.3 Å². The number of hydrogen-bond acceptors (Lipinski definition) is 3. The van der Waals surface area contributed by atoms with Crippen LogP contribution in [0.25, 0.3) is 0 Å². The molecule has 2 rings (SSSR count). The Labute approximate surface area is 130 Å². The van der Waals surface area contributed by atoms with Crippen LogP contribution >= 0.6 is 11.8 Å². The molecule has 0 spiro atoms. The van der Waals surface area contributed by atoms with Gasteiger partial charge in [0.15, 0.2) is 0 Å². The molecule has 1 N–H and O–H groups in total. The van der Waals surface area contributed by atoms with Crippen molar-refractivity contribution in [3.8, 4) is 0 Å². The van der Waals surface area contributed by atoms with Crippen LogP contribution in [0, 0.1) is 0 Å². The van der Waals surface area contributed by atoms with Crippen molar-refractivity contribution in [2.75, 3.05) is 12.8 Å². The lowest BCUT2D eigenvalue weighted by molar-refractivity contribution is 0.0942. The Balaban J connectivity index is 2.07. The van der Waals surface area contributed by atoms with Gasteiger partial charge in [-0.3, -0.25) is 4.79 Å². The van der Waals surface area contributed by atoms with Gasteiger partial charge < -0.3 is 5.32 Å². The Morgan fingerprint density at radius 1 is 1.19 bits per heavy atom. The predicted molar refractivity (Wildman–Crippen MR) is 87.8 cm³/mol. The number of amides is 1. The monoisotopic (exact) mass is 300 g/mol. The number of nitrogens with zero attached hydrogens (tertiary/aromatic N) is 1. The molecule has 4 heteroatoms. The SMILES string of the molecule is CSc1ncccc1C(=O)NCC(C)(C)c1ccccc1. The molecule has 3 nitrogen and oxygen atoms in total. The van der Waals surface area contributed by atoms with E-state index in [9.17, 15) is 4.79 Å². The first-order chi connectivity index (χ1) is 10.0. The minimum atomic E-state index is -0.112. The first kappa shape index (κ1) is 15.6. The van der Waals surface area contributed by atoms with Crippen LogP contribution in [0.1, 0.15) is 29.8 Å². The Bertz CT molecular complexity index is 611. The number of hydrogen-bond donors (Lipinski definition) is 1. The van der Waals surface area contributed by atoms with Gasteiger partial charge in [-0.15, -0.1) is 11.8 Å². The normalized spacial score (nSPS) is 11.2. The Hall–Kier alpha value is -1.81. The fourth-order valence-electron chi connectivity index (χ4n) is 2.11. The van der Waals surface area contributed by atoms with Crippen molar-refractivity contribution in [2.45, 2.75) is 24.3 Å². The van der Waals surface area contributed by atoms with E-state index in [4.69, 9.17) is 0 Å². The fraction of sp³-hybridized carbons (Fsp3) is 0.294. The lowest BCUT2D eigenvalue weighted by Crippen LogP contribution is -2.36. The fourth-order valence-corrected chi connectivity index (χ4v) is 2.66. The van der Waals surface area contributed by atoms with Gasteiger partial charge in [0.2, 0.25) is 0 Å². The maximum absolute atomic E-state index is 12.3. The number of rotatable bonds is 5. The average Bonchev–Trinajstić information content (AvgIpc) is 2.53. The van der Waals surface area contributed by atoms with Crippen LogP contribution < -0.4 is 5.32 Å². The molecule has 1 aromatic heterocycles. The smallest absolute Gasteiger partial charge is 0.254 e. The Kier molecular flexibility index (Phi) is 5.02. The summed E-state index contributed by atoms with van der Waals surface area (Å²) in [7, 11) is 0. The summed E-state index contributed by atoms with van der Waals surface area (Å²) < 4.78 is 0. The summed E-state index contributed by atoms with van der Waals surface area (Å²) in [5, 5.41) is 3.78. The number of thioether (sulfide) groups is 1. The molecule has 110 valence electrons. The summed E-state index contributed by atoms with van der Waals surface area (Å²) in [4.78, 5) is 16.6. The lowest BCUT2D eigenvalue weighted by Gasteiger charge is -2.25. The summed E-state index contributed by atoms with van der Waals surface area (Å²) in [6, 6.07) is 13.8. The topological polar surface area (TPSA) is 42.0 Å². The van der Waals surface area contributed by atoms with Gasteiger partial charge in [0.05, 0.1) is 5.56 Å². The largest absolute Gasteiger partial charge is 0.351 e. The van der Waals surface area contributed by atoms with Gasteiger partial charge in [0.25, 0.3) is 5.91 Å². The van der Waals surface area contributed by atoms with Gasteiger partial charge in [0, 0.05) is 18.2 Å². The summed E-state index contributed by atoms with van der Waals surface area (Å²) in [6.45, 7) is 4.83. The van der Waals surface area contributed by atoms with Crippen LogP contribution in [-0.4, -0.2) is 23.7 Å². The van der Waals surface area contributed by atoms with Gasteiger partial charge in [0.1, 0.15) is 5.03 Å². The van der Waals surface area contributed by atoms with Crippen LogP contribution in [-0.2, 0) is 5.41 Å². The second kappa shape index (κ2) is 6.76. The molecule has 0 aliphatic carbocycles. The quantitative estimate of drug-likeness (QED) is 0.859. The third-order valence-electron chi connectivity index (χ3n) is 3.46. The molecular formula is C17H20N2OS. The van der Waals surface area contributed by atoms with Gasteiger partial charge in [-0.25, -0.2) is 4.98 Å². The van der Waals surface area contributed by atoms with Crippen LogP contribution in [0.3, 0.4) is 0 Å². The number of carbonyl (C=O) groups is 1. The maximum Gasteiger partial charge on any atom is 0.254 e. The van der Waals surface area contributed by atoms with Crippen LogP contribution in [0.4, 0.5) is 0 Å². The summed E-state index contributed by atoms with van der Waals surface area (Å²) in [5.74, 6) is -0.0727. The first-order valence-corrected chi connectivity index (χ1v) is 8.10. The molecule has 1 heterocycles. The van der Waals surface area contributed by atoms with Gasteiger partial charge in [-0.1, -0.05) is 44.2 Å². The molecule has 21 heavy (non-hydrogen) atoms. The molecular weight excluding hydrogens is 280 g/mol. The van der Waals surface area contributed by atoms with Gasteiger partial charge in [-0.05, 0) is 24.0 Å². The summed E-state index contributed by atoms with van der Waals surface area (Å²) in [5.41, 5.74) is 1.73. The van der Waals surface area contributed by atoms with Crippen molar-refractivity contribution in [3.63, 3.8) is 0 Å². The highest BCUT2D eigenvalue weighted by Gasteiger charge is 2.22. The highest BCUT2D eigenvalue weighted by molar-refractivity contribution is 7.98. The lowest BCUT2D eigenvalue weighted by atomic mass is 9.84.